The van der Waals surface area contributed by atoms with Crippen LogP contribution in [0.15, 0.2) is 12.3 Å². The molecule has 0 unspecified atom stereocenters. The van der Waals surface area contributed by atoms with Crippen molar-refractivity contribution in [2.45, 2.75) is 13.5 Å². The van der Waals surface area contributed by atoms with Gasteiger partial charge >= 0.3 is 0 Å². The molecule has 0 aliphatic carbocycles. The first-order valence-corrected chi connectivity index (χ1v) is 2.81. The van der Waals surface area contributed by atoms with Crippen LogP contribution in [0.25, 0.3) is 0 Å². The van der Waals surface area contributed by atoms with Crippen LogP contribution >= 0.6 is 12.4 Å². The fourth-order valence-electron chi connectivity index (χ4n) is 0.599. The summed E-state index contributed by atoms with van der Waals surface area (Å²) in [5.41, 5.74) is 6.26. The maximum Gasteiger partial charge on any atom is 0.142 e. The van der Waals surface area contributed by atoms with E-state index >= 15 is 0 Å². The quantitative estimate of drug-likeness (QED) is 0.655. The highest BCUT2D eigenvalue weighted by molar-refractivity contribution is 5.85. The third-order valence-electron chi connectivity index (χ3n) is 1.03. The minimum atomic E-state index is 0. The summed E-state index contributed by atoms with van der Waals surface area (Å²) in [7, 11) is 0. The molecule has 4 heteroatoms. The van der Waals surface area contributed by atoms with Gasteiger partial charge < -0.3 is 5.73 Å². The molecular weight excluding hydrogens is 150 g/mol. The second kappa shape index (κ2) is 4.19. The second-order valence-corrected chi connectivity index (χ2v) is 1.82. The third kappa shape index (κ3) is 2.29. The van der Waals surface area contributed by atoms with E-state index in [-0.39, 0.29) is 12.4 Å². The molecule has 0 amide bonds. The molecule has 0 aliphatic rings. The summed E-state index contributed by atoms with van der Waals surface area (Å²) in [5.74, 6) is 0.704. The predicted octanol–water partition coefficient (Wildman–Crippen LogP) is 0.666. The number of hydrogen-bond acceptors (Lipinski definition) is 3. The molecule has 2 N–H and O–H groups in total. The van der Waals surface area contributed by atoms with Crippen LogP contribution in [0.2, 0.25) is 0 Å². The monoisotopic (exact) mass is 159 g/mol. The van der Waals surface area contributed by atoms with E-state index in [9.17, 15) is 0 Å². The molecule has 0 spiro atoms. The van der Waals surface area contributed by atoms with Crippen molar-refractivity contribution in [2.75, 3.05) is 0 Å². The Kier molecular flexibility index (Phi) is 3.91. The first-order valence-electron chi connectivity index (χ1n) is 2.81. The predicted molar refractivity (Wildman–Crippen MR) is 41.9 cm³/mol. The molecule has 0 aliphatic heterocycles. The molecule has 0 saturated carbocycles. The van der Waals surface area contributed by atoms with Crippen LogP contribution in [0.1, 0.15) is 11.5 Å². The summed E-state index contributed by atoms with van der Waals surface area (Å²) in [6, 6.07) is 1.85. The lowest BCUT2D eigenvalue weighted by Gasteiger charge is -1.93. The maximum atomic E-state index is 5.29. The van der Waals surface area contributed by atoms with Gasteiger partial charge in [-0.15, -0.1) is 12.4 Å². The molecule has 56 valence electrons. The zero-order valence-corrected chi connectivity index (χ0v) is 6.56. The fourth-order valence-corrected chi connectivity index (χ4v) is 0.599. The molecule has 1 rings (SSSR count). The van der Waals surface area contributed by atoms with E-state index in [2.05, 4.69) is 9.97 Å². The Labute approximate surface area is 66.1 Å². The van der Waals surface area contributed by atoms with Crippen LogP contribution < -0.4 is 5.73 Å². The number of nitrogens with zero attached hydrogens (tertiary/aromatic N) is 2. The van der Waals surface area contributed by atoms with E-state index in [1.807, 2.05) is 13.0 Å². The summed E-state index contributed by atoms with van der Waals surface area (Å²) in [6.07, 6.45) is 1.71. The summed E-state index contributed by atoms with van der Waals surface area (Å²) in [6.45, 7) is 2.34. The van der Waals surface area contributed by atoms with Gasteiger partial charge in [-0.2, -0.15) is 0 Å². The van der Waals surface area contributed by atoms with Crippen molar-refractivity contribution in [1.82, 2.24) is 9.97 Å². The minimum absolute atomic E-state index is 0. The molecule has 0 bridgehead atoms. The molecule has 3 nitrogen and oxygen atoms in total. The van der Waals surface area contributed by atoms with Crippen LogP contribution in [0, 0.1) is 6.92 Å². The Balaban J connectivity index is 0.000000810. The van der Waals surface area contributed by atoms with E-state index in [1.165, 1.54) is 0 Å². The maximum absolute atomic E-state index is 5.29. The molecule has 1 aromatic heterocycles. The number of aryl methyl sites for hydroxylation is 1. The number of hydrogen-bond donors (Lipinski definition) is 1. The summed E-state index contributed by atoms with van der Waals surface area (Å²) in [4.78, 5) is 7.98. The second-order valence-electron chi connectivity index (χ2n) is 1.82. The van der Waals surface area contributed by atoms with Gasteiger partial charge in [-0.05, 0) is 13.0 Å². The highest BCUT2D eigenvalue weighted by Crippen LogP contribution is 1.90. The van der Waals surface area contributed by atoms with Crippen molar-refractivity contribution in [3.05, 3.63) is 23.8 Å². The lowest BCUT2D eigenvalue weighted by Crippen LogP contribution is -2.02. The van der Waals surface area contributed by atoms with Crippen LogP contribution in [-0.2, 0) is 6.54 Å². The Morgan fingerprint density at radius 1 is 1.60 bits per heavy atom. The van der Waals surface area contributed by atoms with Crippen LogP contribution in [0.5, 0.6) is 0 Å². The number of halogens is 1. The van der Waals surface area contributed by atoms with E-state index in [0.717, 1.165) is 5.69 Å². The van der Waals surface area contributed by atoms with Gasteiger partial charge in [-0.1, -0.05) is 0 Å². The number of aromatic nitrogens is 2. The summed E-state index contributed by atoms with van der Waals surface area (Å²) in [5, 5.41) is 0. The standard InChI is InChI=1S/C6H9N3.ClH/c1-5-2-3-8-6(4-7)9-5;/h2-3H,4,7H2,1H3;1H. The third-order valence-corrected chi connectivity index (χ3v) is 1.03. The number of nitrogens with two attached hydrogens (primary N) is 1. The van der Waals surface area contributed by atoms with Gasteiger partial charge in [0.1, 0.15) is 5.82 Å². The van der Waals surface area contributed by atoms with Crippen LogP contribution in [0.4, 0.5) is 0 Å². The van der Waals surface area contributed by atoms with Crippen molar-refractivity contribution < 1.29 is 0 Å². The number of rotatable bonds is 1. The van der Waals surface area contributed by atoms with Gasteiger partial charge in [0.25, 0.3) is 0 Å². The summed E-state index contributed by atoms with van der Waals surface area (Å²) < 4.78 is 0. The Hall–Kier alpha value is -0.670. The molecule has 1 aromatic rings. The molecule has 0 radical (unpaired) electrons. The Morgan fingerprint density at radius 2 is 2.30 bits per heavy atom. The minimum Gasteiger partial charge on any atom is -0.324 e. The lowest BCUT2D eigenvalue weighted by atomic mass is 10.4. The average Bonchev–Trinajstić information content (AvgIpc) is 1.88. The highest BCUT2D eigenvalue weighted by Gasteiger charge is 1.89. The van der Waals surface area contributed by atoms with Gasteiger partial charge in [0, 0.05) is 11.9 Å². The van der Waals surface area contributed by atoms with E-state index < -0.39 is 0 Å². The molecule has 1 heterocycles. The van der Waals surface area contributed by atoms with E-state index in [1.54, 1.807) is 6.20 Å². The topological polar surface area (TPSA) is 51.8 Å². The Morgan fingerprint density at radius 3 is 2.70 bits per heavy atom. The first kappa shape index (κ1) is 9.33. The molecule has 0 fully saturated rings. The van der Waals surface area contributed by atoms with Gasteiger partial charge in [0.15, 0.2) is 0 Å². The van der Waals surface area contributed by atoms with E-state index in [0.29, 0.717) is 12.4 Å². The van der Waals surface area contributed by atoms with Gasteiger partial charge in [0.05, 0.1) is 6.54 Å². The smallest absolute Gasteiger partial charge is 0.142 e. The molecule has 0 saturated heterocycles. The largest absolute Gasteiger partial charge is 0.324 e. The van der Waals surface area contributed by atoms with Crippen molar-refractivity contribution in [3.8, 4) is 0 Å². The SMILES string of the molecule is Cc1ccnc(CN)n1.Cl. The van der Waals surface area contributed by atoms with Gasteiger partial charge in [-0.3, -0.25) is 0 Å². The van der Waals surface area contributed by atoms with Crippen molar-refractivity contribution >= 4 is 12.4 Å². The molecule has 0 aromatic carbocycles. The van der Waals surface area contributed by atoms with Crippen molar-refractivity contribution in [3.63, 3.8) is 0 Å². The van der Waals surface area contributed by atoms with Gasteiger partial charge in [0.2, 0.25) is 0 Å². The molecule has 0 atom stereocenters. The fraction of sp³-hybridized carbons (Fsp3) is 0.333. The van der Waals surface area contributed by atoms with Gasteiger partial charge in [-0.25, -0.2) is 9.97 Å². The van der Waals surface area contributed by atoms with Crippen molar-refractivity contribution in [2.24, 2.45) is 5.73 Å². The first-order chi connectivity index (χ1) is 4.33. The molecule has 10 heavy (non-hydrogen) atoms. The lowest BCUT2D eigenvalue weighted by molar-refractivity contribution is 0.891. The highest BCUT2D eigenvalue weighted by atomic mass is 35.5. The zero-order valence-electron chi connectivity index (χ0n) is 5.74. The Bertz CT molecular complexity index is 202. The summed E-state index contributed by atoms with van der Waals surface area (Å²) >= 11 is 0. The van der Waals surface area contributed by atoms with Crippen molar-refractivity contribution in [1.29, 1.82) is 0 Å². The van der Waals surface area contributed by atoms with Crippen LogP contribution in [0.3, 0.4) is 0 Å². The normalized spacial score (nSPS) is 8.60. The average molecular weight is 160 g/mol. The molecular formula is C6H10ClN3. The zero-order chi connectivity index (χ0) is 6.69. The van der Waals surface area contributed by atoms with Crippen LogP contribution in [-0.4, -0.2) is 9.97 Å². The van der Waals surface area contributed by atoms with E-state index in [4.69, 9.17) is 5.73 Å².